The van der Waals surface area contributed by atoms with Crippen LogP contribution in [0.3, 0.4) is 0 Å². The molecule has 2 amide bonds. The van der Waals surface area contributed by atoms with Crippen LogP contribution in [0.2, 0.25) is 0 Å². The monoisotopic (exact) mass is 520 g/mol. The summed E-state index contributed by atoms with van der Waals surface area (Å²) in [5.74, 6) is 2.73. The molecule has 6 rings (SSSR count). The lowest BCUT2D eigenvalue weighted by Crippen LogP contribution is -2.62. The summed E-state index contributed by atoms with van der Waals surface area (Å²) in [5, 5.41) is 3.58. The number of nitrogens with zero attached hydrogens (tertiary/aromatic N) is 1. The smallest absolute Gasteiger partial charge is 0.322 e. The topological polar surface area (TPSA) is 58.6 Å². The highest BCUT2D eigenvalue weighted by Crippen LogP contribution is 2.55. The van der Waals surface area contributed by atoms with Crippen LogP contribution in [0.4, 0.5) is 10.5 Å². The third kappa shape index (κ3) is 6.00. The molecule has 0 aliphatic heterocycles. The number of esters is 1. The zero-order valence-electron chi connectivity index (χ0n) is 22.4. The molecular weight excluding hydrogens is 480 g/mol. The number of anilines is 1. The number of unbranched alkanes of at least 4 members (excludes halogenated alkanes) is 1. The molecule has 4 fully saturated rings. The molecule has 0 heterocycles. The number of ether oxygens (including phenoxy) is 1. The lowest BCUT2D eigenvalue weighted by atomic mass is 9.53. The van der Waals surface area contributed by atoms with Crippen molar-refractivity contribution >= 4 is 29.4 Å². The van der Waals surface area contributed by atoms with E-state index in [1.807, 2.05) is 23.1 Å². The van der Waals surface area contributed by atoms with Crippen molar-refractivity contribution in [1.82, 2.24) is 5.32 Å². The minimum absolute atomic E-state index is 0.00288. The van der Waals surface area contributed by atoms with Crippen LogP contribution in [0.5, 0.6) is 5.75 Å². The lowest BCUT2D eigenvalue weighted by molar-refractivity contribution is -0.131. The van der Waals surface area contributed by atoms with Crippen LogP contribution in [0.25, 0.3) is 0 Å². The van der Waals surface area contributed by atoms with E-state index in [9.17, 15) is 9.59 Å². The molecule has 1 N–H and O–H groups in total. The van der Waals surface area contributed by atoms with Crippen LogP contribution in [0.15, 0.2) is 52.3 Å². The van der Waals surface area contributed by atoms with E-state index in [0.29, 0.717) is 5.75 Å². The molecule has 4 saturated carbocycles. The van der Waals surface area contributed by atoms with Gasteiger partial charge in [-0.2, -0.15) is 0 Å². The molecule has 6 heteroatoms. The zero-order chi connectivity index (χ0) is 26.0. The molecule has 198 valence electrons. The second-order valence-electron chi connectivity index (χ2n) is 11.4. The third-order valence-corrected chi connectivity index (χ3v) is 9.40. The first-order valence-electron chi connectivity index (χ1n) is 14.1. The maximum Gasteiger partial charge on any atom is 0.322 e. The number of hydrogen-bond donors (Lipinski definition) is 1. The summed E-state index contributed by atoms with van der Waals surface area (Å²) in [7, 11) is 0. The molecule has 0 spiro atoms. The van der Waals surface area contributed by atoms with Crippen molar-refractivity contribution in [3.8, 4) is 5.75 Å². The number of nitrogens with one attached hydrogen (secondary N) is 1. The van der Waals surface area contributed by atoms with Gasteiger partial charge >= 0.3 is 12.0 Å². The molecule has 37 heavy (non-hydrogen) atoms. The Morgan fingerprint density at radius 1 is 1.00 bits per heavy atom. The first kappa shape index (κ1) is 26.1. The van der Waals surface area contributed by atoms with E-state index in [4.69, 9.17) is 4.74 Å². The van der Waals surface area contributed by atoms with Gasteiger partial charge < -0.3 is 10.1 Å². The standard InChI is InChI=1S/C31H40N2O3S/c1-4-6-12-33(30(35)32-31-18-22-13-23(19-31)15-24(14-22)20-31)26-8-7-9-27(17-26)37-28-10-11-29(36-21(3)34)25(5-2)16-28/h7-11,16-17,22-24H,4-6,12-15,18-20H2,1-3H3,(H,32,35). The predicted octanol–water partition coefficient (Wildman–Crippen LogP) is 7.61. The number of carbonyl (C=O) groups is 2. The molecule has 0 aromatic heterocycles. The highest BCUT2D eigenvalue weighted by molar-refractivity contribution is 7.99. The average Bonchev–Trinajstić information content (AvgIpc) is 2.84. The Bertz CT molecular complexity index is 1110. The number of carbonyl (C=O) groups excluding carboxylic acids is 2. The predicted molar refractivity (Wildman–Crippen MR) is 149 cm³/mol. The van der Waals surface area contributed by atoms with Gasteiger partial charge in [0.15, 0.2) is 0 Å². The highest BCUT2D eigenvalue weighted by atomic mass is 32.2. The van der Waals surface area contributed by atoms with E-state index < -0.39 is 0 Å². The fourth-order valence-corrected chi connectivity index (χ4v) is 8.16. The summed E-state index contributed by atoms with van der Waals surface area (Å²) in [5.41, 5.74) is 1.96. The van der Waals surface area contributed by atoms with Gasteiger partial charge in [0.1, 0.15) is 5.75 Å². The highest BCUT2D eigenvalue weighted by Gasteiger charge is 2.51. The van der Waals surface area contributed by atoms with Crippen LogP contribution in [0.1, 0.15) is 77.7 Å². The summed E-state index contributed by atoms with van der Waals surface area (Å²) >= 11 is 1.67. The number of aryl methyl sites for hydroxylation is 1. The van der Waals surface area contributed by atoms with Crippen LogP contribution in [0, 0.1) is 17.8 Å². The van der Waals surface area contributed by atoms with E-state index in [2.05, 4.69) is 43.4 Å². The van der Waals surface area contributed by atoms with Gasteiger partial charge in [-0.25, -0.2) is 4.79 Å². The van der Waals surface area contributed by atoms with Gasteiger partial charge in [0.2, 0.25) is 0 Å². The van der Waals surface area contributed by atoms with Crippen molar-refractivity contribution in [2.24, 2.45) is 17.8 Å². The van der Waals surface area contributed by atoms with Crippen molar-refractivity contribution in [3.63, 3.8) is 0 Å². The summed E-state index contributed by atoms with van der Waals surface area (Å²) in [4.78, 5) is 29.3. The summed E-state index contributed by atoms with van der Waals surface area (Å²) in [6, 6.07) is 14.3. The summed E-state index contributed by atoms with van der Waals surface area (Å²) < 4.78 is 5.36. The SMILES string of the molecule is CCCCN(C(=O)NC12CC3CC(CC(C3)C1)C2)c1cccc(Sc2ccc(OC(C)=O)c(CC)c2)c1. The molecule has 4 aliphatic carbocycles. The summed E-state index contributed by atoms with van der Waals surface area (Å²) in [6.45, 7) is 6.38. The Kier molecular flexibility index (Phi) is 7.85. The maximum absolute atomic E-state index is 13.8. The van der Waals surface area contributed by atoms with Gasteiger partial charge in [0.25, 0.3) is 0 Å². The molecule has 0 saturated heterocycles. The van der Waals surface area contributed by atoms with Gasteiger partial charge in [-0.3, -0.25) is 9.69 Å². The van der Waals surface area contributed by atoms with E-state index in [0.717, 1.165) is 83.9 Å². The molecule has 5 nitrogen and oxygen atoms in total. The van der Waals surface area contributed by atoms with Crippen LogP contribution in [-0.4, -0.2) is 24.1 Å². The number of benzene rings is 2. The maximum atomic E-state index is 13.8. The van der Waals surface area contributed by atoms with Crippen LogP contribution < -0.4 is 15.0 Å². The van der Waals surface area contributed by atoms with Crippen molar-refractivity contribution in [3.05, 3.63) is 48.0 Å². The molecule has 0 atom stereocenters. The van der Waals surface area contributed by atoms with E-state index in [1.54, 1.807) is 11.8 Å². The van der Waals surface area contributed by atoms with E-state index in [1.165, 1.54) is 26.2 Å². The van der Waals surface area contributed by atoms with Crippen LogP contribution >= 0.6 is 11.8 Å². The van der Waals surface area contributed by atoms with Gasteiger partial charge in [-0.05, 0) is 111 Å². The van der Waals surface area contributed by atoms with Crippen molar-refractivity contribution in [2.45, 2.75) is 93.9 Å². The normalized spacial score (nSPS) is 25.6. The quantitative estimate of drug-likeness (QED) is 0.273. The summed E-state index contributed by atoms with van der Waals surface area (Å²) in [6.07, 6.45) is 10.4. The van der Waals surface area contributed by atoms with E-state index in [-0.39, 0.29) is 17.5 Å². The second-order valence-corrected chi connectivity index (χ2v) is 12.6. The number of hydrogen-bond acceptors (Lipinski definition) is 4. The zero-order valence-corrected chi connectivity index (χ0v) is 23.2. The molecule has 4 bridgehead atoms. The number of rotatable bonds is 9. The van der Waals surface area contributed by atoms with Crippen LogP contribution in [-0.2, 0) is 11.2 Å². The first-order chi connectivity index (χ1) is 17.9. The Balaban J connectivity index is 1.33. The minimum atomic E-state index is -0.304. The van der Waals surface area contributed by atoms with Crippen molar-refractivity contribution < 1.29 is 14.3 Å². The minimum Gasteiger partial charge on any atom is -0.426 e. The Hall–Kier alpha value is -2.47. The molecule has 2 aromatic carbocycles. The fraction of sp³-hybridized carbons (Fsp3) is 0.548. The molecule has 0 radical (unpaired) electrons. The fourth-order valence-electron chi connectivity index (χ4n) is 7.22. The Morgan fingerprint density at radius 3 is 2.30 bits per heavy atom. The third-order valence-electron chi connectivity index (χ3n) is 8.42. The Morgan fingerprint density at radius 2 is 1.68 bits per heavy atom. The Labute approximate surface area is 225 Å². The second kappa shape index (κ2) is 11.1. The molecule has 4 aliphatic rings. The van der Waals surface area contributed by atoms with Gasteiger partial charge in [0, 0.05) is 34.5 Å². The number of amides is 2. The van der Waals surface area contributed by atoms with Gasteiger partial charge in [-0.15, -0.1) is 0 Å². The van der Waals surface area contributed by atoms with Gasteiger partial charge in [-0.1, -0.05) is 38.1 Å². The number of urea groups is 1. The van der Waals surface area contributed by atoms with Crippen molar-refractivity contribution in [2.75, 3.05) is 11.4 Å². The lowest BCUT2D eigenvalue weighted by Gasteiger charge is -2.57. The largest absolute Gasteiger partial charge is 0.426 e. The van der Waals surface area contributed by atoms with Crippen molar-refractivity contribution in [1.29, 1.82) is 0 Å². The van der Waals surface area contributed by atoms with E-state index >= 15 is 0 Å². The first-order valence-corrected chi connectivity index (χ1v) is 14.9. The molecule has 2 aromatic rings. The molecule has 0 unspecified atom stereocenters. The molecular formula is C31H40N2O3S. The average molecular weight is 521 g/mol. The van der Waals surface area contributed by atoms with Gasteiger partial charge in [0.05, 0.1) is 0 Å².